The van der Waals surface area contributed by atoms with Crippen molar-refractivity contribution in [2.24, 2.45) is 0 Å². The predicted octanol–water partition coefficient (Wildman–Crippen LogP) is 0.0538. The predicted molar refractivity (Wildman–Crippen MR) is 47.4 cm³/mol. The van der Waals surface area contributed by atoms with Crippen LogP contribution in [0.5, 0.6) is 0 Å². The van der Waals surface area contributed by atoms with Crippen molar-refractivity contribution in [2.45, 2.75) is 12.5 Å². The Morgan fingerprint density at radius 2 is 2.50 bits per heavy atom. The molecule has 0 aromatic rings. The Bertz CT molecular complexity index is 223. The van der Waals surface area contributed by atoms with E-state index in [1.54, 1.807) is 0 Å². The topological polar surface area (TPSA) is 35.5 Å². The van der Waals surface area contributed by atoms with Crippen molar-refractivity contribution in [3.63, 3.8) is 0 Å². The maximum absolute atomic E-state index is 9.32. The first-order valence-electron chi connectivity index (χ1n) is 4.39. The summed E-state index contributed by atoms with van der Waals surface area (Å²) in [6, 6.07) is 0. The van der Waals surface area contributed by atoms with E-state index in [0.29, 0.717) is 0 Å². The van der Waals surface area contributed by atoms with Crippen molar-refractivity contribution < 1.29 is 5.11 Å². The van der Waals surface area contributed by atoms with E-state index in [1.165, 1.54) is 5.70 Å². The van der Waals surface area contributed by atoms with E-state index in [4.69, 9.17) is 0 Å². The number of aliphatic hydroxyl groups excluding tert-OH is 1. The van der Waals surface area contributed by atoms with E-state index in [2.05, 4.69) is 22.4 Å². The molecule has 2 aliphatic rings. The van der Waals surface area contributed by atoms with Crippen LogP contribution < -0.4 is 5.32 Å². The Kier molecular flexibility index (Phi) is 2.04. The lowest BCUT2D eigenvalue weighted by molar-refractivity contribution is 0.184. The first-order valence-corrected chi connectivity index (χ1v) is 4.39. The quantitative estimate of drug-likeness (QED) is 0.578. The van der Waals surface area contributed by atoms with Gasteiger partial charge in [0.05, 0.1) is 6.10 Å². The molecule has 3 heteroatoms. The minimum absolute atomic E-state index is 0.130. The molecule has 0 saturated carbocycles. The standard InChI is InChI=1S/C9H14N2O/c12-9-3-6-11(7-9)8-1-4-10-5-2-8/h1-2,4,9-10,12H,3,5-7H2/t9-/m1/s1. The Hall–Kier alpha value is -0.960. The van der Waals surface area contributed by atoms with Crippen molar-refractivity contribution in [2.75, 3.05) is 19.6 Å². The minimum Gasteiger partial charge on any atom is -0.391 e. The number of dihydropyridines is 1. The first kappa shape index (κ1) is 7.68. The molecule has 0 radical (unpaired) electrons. The summed E-state index contributed by atoms with van der Waals surface area (Å²) in [5.74, 6) is 0. The van der Waals surface area contributed by atoms with Gasteiger partial charge in [0.1, 0.15) is 0 Å². The number of hydrogen-bond acceptors (Lipinski definition) is 3. The summed E-state index contributed by atoms with van der Waals surface area (Å²) < 4.78 is 0. The average molecular weight is 166 g/mol. The lowest BCUT2D eigenvalue weighted by atomic mass is 10.3. The number of hydrogen-bond donors (Lipinski definition) is 2. The number of nitrogens with zero attached hydrogens (tertiary/aromatic N) is 1. The molecule has 0 unspecified atom stereocenters. The molecule has 0 spiro atoms. The Morgan fingerprint density at radius 1 is 1.58 bits per heavy atom. The number of nitrogens with one attached hydrogen (secondary N) is 1. The van der Waals surface area contributed by atoms with Gasteiger partial charge in [0.25, 0.3) is 0 Å². The first-order chi connectivity index (χ1) is 5.86. The second-order valence-corrected chi connectivity index (χ2v) is 3.26. The molecule has 2 aliphatic heterocycles. The van der Waals surface area contributed by atoms with E-state index >= 15 is 0 Å². The minimum atomic E-state index is -0.130. The molecule has 2 rings (SSSR count). The highest BCUT2D eigenvalue weighted by Gasteiger charge is 2.20. The second-order valence-electron chi connectivity index (χ2n) is 3.26. The molecule has 0 aliphatic carbocycles. The number of likely N-dealkylation sites (tertiary alicyclic amines) is 1. The summed E-state index contributed by atoms with van der Waals surface area (Å²) >= 11 is 0. The fraction of sp³-hybridized carbons (Fsp3) is 0.556. The molecule has 3 nitrogen and oxygen atoms in total. The van der Waals surface area contributed by atoms with E-state index in [1.807, 2.05) is 6.20 Å². The van der Waals surface area contributed by atoms with Crippen molar-refractivity contribution in [1.29, 1.82) is 0 Å². The zero-order valence-electron chi connectivity index (χ0n) is 7.03. The number of allylic oxidation sites excluding steroid dienone is 1. The van der Waals surface area contributed by atoms with Crippen LogP contribution in [0.4, 0.5) is 0 Å². The molecule has 0 amide bonds. The lowest BCUT2D eigenvalue weighted by Crippen LogP contribution is -2.23. The Morgan fingerprint density at radius 3 is 3.08 bits per heavy atom. The highest BCUT2D eigenvalue weighted by molar-refractivity contribution is 5.22. The fourth-order valence-corrected chi connectivity index (χ4v) is 1.65. The maximum atomic E-state index is 9.32. The van der Waals surface area contributed by atoms with Crippen LogP contribution >= 0.6 is 0 Å². The van der Waals surface area contributed by atoms with Crippen LogP contribution in [0.2, 0.25) is 0 Å². The summed E-state index contributed by atoms with van der Waals surface area (Å²) in [5, 5.41) is 12.4. The summed E-state index contributed by atoms with van der Waals surface area (Å²) in [5.41, 5.74) is 1.24. The third-order valence-electron chi connectivity index (χ3n) is 2.33. The molecule has 0 aromatic carbocycles. The van der Waals surface area contributed by atoms with Crippen LogP contribution in [0, 0.1) is 0 Å². The van der Waals surface area contributed by atoms with Gasteiger partial charge in [-0.25, -0.2) is 0 Å². The lowest BCUT2D eigenvalue weighted by Gasteiger charge is -2.21. The van der Waals surface area contributed by atoms with Gasteiger partial charge in [-0.05, 0) is 24.8 Å². The van der Waals surface area contributed by atoms with Gasteiger partial charge in [0, 0.05) is 25.3 Å². The summed E-state index contributed by atoms with van der Waals surface area (Å²) in [6.07, 6.45) is 6.94. The number of rotatable bonds is 1. The summed E-state index contributed by atoms with van der Waals surface area (Å²) in [6.45, 7) is 2.67. The van der Waals surface area contributed by atoms with E-state index < -0.39 is 0 Å². The molecule has 2 heterocycles. The summed E-state index contributed by atoms with van der Waals surface area (Å²) in [7, 11) is 0. The molecule has 0 bridgehead atoms. The van der Waals surface area contributed by atoms with Gasteiger partial charge >= 0.3 is 0 Å². The van der Waals surface area contributed by atoms with Gasteiger partial charge < -0.3 is 15.3 Å². The molecule has 2 N–H and O–H groups in total. The third-order valence-corrected chi connectivity index (χ3v) is 2.33. The van der Waals surface area contributed by atoms with Crippen molar-refractivity contribution in [3.05, 3.63) is 24.0 Å². The van der Waals surface area contributed by atoms with Gasteiger partial charge in [0.15, 0.2) is 0 Å². The van der Waals surface area contributed by atoms with Crippen LogP contribution in [-0.4, -0.2) is 35.7 Å². The van der Waals surface area contributed by atoms with Crippen LogP contribution in [0.1, 0.15) is 6.42 Å². The molecule has 1 atom stereocenters. The second kappa shape index (κ2) is 3.19. The molecule has 1 saturated heterocycles. The third kappa shape index (κ3) is 1.46. The van der Waals surface area contributed by atoms with Gasteiger partial charge in [-0.15, -0.1) is 0 Å². The molecule has 12 heavy (non-hydrogen) atoms. The van der Waals surface area contributed by atoms with Crippen LogP contribution in [0.25, 0.3) is 0 Å². The normalized spacial score (nSPS) is 28.6. The maximum Gasteiger partial charge on any atom is 0.0731 e. The highest BCUT2D eigenvalue weighted by atomic mass is 16.3. The van der Waals surface area contributed by atoms with Crippen LogP contribution in [0.15, 0.2) is 24.0 Å². The van der Waals surface area contributed by atoms with Gasteiger partial charge in [-0.1, -0.05) is 0 Å². The van der Waals surface area contributed by atoms with Crippen molar-refractivity contribution in [1.82, 2.24) is 10.2 Å². The molecule has 66 valence electrons. The average Bonchev–Trinajstić information content (AvgIpc) is 2.54. The molecule has 1 fully saturated rings. The Balaban J connectivity index is 2.00. The number of β-amino-alcohol motifs (C(OH)–C–C–N with tert-alkyl or cyclic N) is 1. The Labute approximate surface area is 72.4 Å². The van der Waals surface area contributed by atoms with Crippen LogP contribution in [-0.2, 0) is 0 Å². The molecular formula is C9H14N2O. The largest absolute Gasteiger partial charge is 0.391 e. The van der Waals surface area contributed by atoms with E-state index in [9.17, 15) is 5.11 Å². The smallest absolute Gasteiger partial charge is 0.0731 e. The monoisotopic (exact) mass is 166 g/mol. The summed E-state index contributed by atoms with van der Waals surface area (Å²) in [4.78, 5) is 2.22. The van der Waals surface area contributed by atoms with E-state index in [-0.39, 0.29) is 6.10 Å². The fourth-order valence-electron chi connectivity index (χ4n) is 1.65. The van der Waals surface area contributed by atoms with Crippen molar-refractivity contribution >= 4 is 0 Å². The SMILES string of the molecule is O[C@@H]1CCN(C2=CCNC=C2)C1. The highest BCUT2D eigenvalue weighted by Crippen LogP contribution is 2.16. The zero-order chi connectivity index (χ0) is 8.39. The van der Waals surface area contributed by atoms with Gasteiger partial charge in [-0.3, -0.25) is 0 Å². The zero-order valence-corrected chi connectivity index (χ0v) is 7.03. The van der Waals surface area contributed by atoms with Crippen LogP contribution in [0.3, 0.4) is 0 Å². The van der Waals surface area contributed by atoms with Gasteiger partial charge in [0.2, 0.25) is 0 Å². The van der Waals surface area contributed by atoms with Gasteiger partial charge in [-0.2, -0.15) is 0 Å². The molecular weight excluding hydrogens is 152 g/mol. The van der Waals surface area contributed by atoms with E-state index in [0.717, 1.165) is 26.1 Å². The number of aliphatic hydroxyl groups is 1. The van der Waals surface area contributed by atoms with Crippen molar-refractivity contribution in [3.8, 4) is 0 Å². The molecule has 0 aromatic heterocycles.